The van der Waals surface area contributed by atoms with E-state index in [0.717, 1.165) is 41.2 Å². The van der Waals surface area contributed by atoms with Crippen LogP contribution in [0, 0.1) is 30.1 Å². The molecule has 4 aromatic rings. The Balaban J connectivity index is 1.33. The first-order valence-electron chi connectivity index (χ1n) is 21.7. The predicted octanol–water partition coefficient (Wildman–Crippen LogP) is 10.1. The molecule has 1 aliphatic carbocycles. The Kier molecular flexibility index (Phi) is 9.44. The number of anilines is 2. The Bertz CT molecular complexity index is 2310. The topological polar surface area (TPSA) is 80.4 Å². The highest BCUT2D eigenvalue weighted by molar-refractivity contribution is 6.90. The number of aromatic nitrogens is 3. The van der Waals surface area contributed by atoms with Crippen molar-refractivity contribution in [2.45, 2.75) is 141 Å². The van der Waals surface area contributed by atoms with Gasteiger partial charge in [-0.15, -0.1) is 5.54 Å². The van der Waals surface area contributed by atoms with E-state index < -0.39 is 50.4 Å². The molecule has 8 rings (SSSR count). The monoisotopic (exact) mass is 784 g/mol. The molecule has 0 amide bonds. The van der Waals surface area contributed by atoms with Crippen LogP contribution in [0.2, 0.25) is 16.6 Å². The highest BCUT2D eigenvalue weighted by atomic mass is 28.3. The van der Waals surface area contributed by atoms with Crippen LogP contribution in [0.25, 0.3) is 32.9 Å². The summed E-state index contributed by atoms with van der Waals surface area (Å²) in [6, 6.07) is 6.28. The molecule has 4 fully saturated rings. The number of fused-ring (bicyclic) bond motifs is 4. The van der Waals surface area contributed by atoms with Crippen molar-refractivity contribution in [3.05, 3.63) is 47.4 Å². The summed E-state index contributed by atoms with van der Waals surface area (Å²) in [5.41, 5.74) is 12.9. The lowest BCUT2D eigenvalue weighted by Gasteiger charge is -2.38. The second kappa shape index (κ2) is 14.5. The van der Waals surface area contributed by atoms with Gasteiger partial charge in [-0.3, -0.25) is 9.88 Å². The van der Waals surface area contributed by atoms with Gasteiger partial charge >= 0.3 is 6.01 Å². The van der Waals surface area contributed by atoms with Gasteiger partial charge in [0.2, 0.25) is 0 Å². The molecule has 2 aromatic heterocycles. The zero-order valence-corrected chi connectivity index (χ0v) is 35.0. The molecule has 3 aliphatic heterocycles. The van der Waals surface area contributed by atoms with E-state index in [-0.39, 0.29) is 40.8 Å². The van der Waals surface area contributed by atoms with E-state index in [1.165, 1.54) is 6.20 Å². The summed E-state index contributed by atoms with van der Waals surface area (Å²) in [6.45, 7) is 16.0. The Morgan fingerprint density at radius 1 is 1.05 bits per heavy atom. The summed E-state index contributed by atoms with van der Waals surface area (Å²) in [6.07, 6.45) is 2.69. The predicted molar refractivity (Wildman–Crippen MR) is 224 cm³/mol. The molecule has 0 spiro atoms. The number of aryl methyl sites for hydroxylation is 1. The van der Waals surface area contributed by atoms with E-state index >= 15 is 13.2 Å². The molecule has 4 aliphatic rings. The second-order valence-corrected chi connectivity index (χ2v) is 23.4. The third-order valence-corrected chi connectivity index (χ3v) is 20.1. The minimum Gasteiger partial charge on any atom is -0.461 e. The van der Waals surface area contributed by atoms with E-state index in [2.05, 4.69) is 58.0 Å². The van der Waals surface area contributed by atoms with Crippen molar-refractivity contribution in [2.75, 3.05) is 30.3 Å². The van der Waals surface area contributed by atoms with Gasteiger partial charge in [-0.1, -0.05) is 66.0 Å². The van der Waals surface area contributed by atoms with Crippen LogP contribution >= 0.6 is 0 Å². The normalized spacial score (nSPS) is 27.3. The second-order valence-electron chi connectivity index (χ2n) is 17.9. The van der Waals surface area contributed by atoms with Crippen LogP contribution in [0.4, 0.5) is 24.7 Å². The number of alkyl halides is 2. The number of rotatable bonds is 8. The minimum absolute atomic E-state index is 0.00568. The average Bonchev–Trinajstić information content (AvgIpc) is 3.56. The van der Waals surface area contributed by atoms with Gasteiger partial charge in [-0.25, -0.2) is 13.2 Å². The van der Waals surface area contributed by atoms with Crippen LogP contribution in [0.1, 0.15) is 101 Å². The molecule has 6 atom stereocenters. The third kappa shape index (κ3) is 6.25. The van der Waals surface area contributed by atoms with Gasteiger partial charge in [0.05, 0.1) is 19.7 Å². The lowest BCUT2D eigenvalue weighted by atomic mass is 9.93. The maximum absolute atomic E-state index is 17.7. The van der Waals surface area contributed by atoms with Crippen LogP contribution in [0.15, 0.2) is 30.5 Å². The van der Waals surface area contributed by atoms with Crippen molar-refractivity contribution < 1.29 is 20.6 Å². The van der Waals surface area contributed by atoms with Gasteiger partial charge in [0, 0.05) is 53.3 Å². The van der Waals surface area contributed by atoms with Crippen LogP contribution in [-0.2, 0) is 0 Å². The van der Waals surface area contributed by atoms with E-state index in [1.54, 1.807) is 13.0 Å². The molecule has 1 saturated carbocycles. The number of nitrogens with two attached hydrogens (primary N) is 1. The first kappa shape index (κ1) is 36.5. The number of ether oxygens (including phenoxy) is 1. The highest BCUT2D eigenvalue weighted by Crippen LogP contribution is 2.49. The Labute approximate surface area is 333 Å². The summed E-state index contributed by atoms with van der Waals surface area (Å²) >= 11 is 0. The fourth-order valence-corrected chi connectivity index (χ4v) is 16.0. The van der Waals surface area contributed by atoms with Crippen molar-refractivity contribution in [3.8, 4) is 28.7 Å². The SMILES string of the molecule is [2H]C([2H])(Oc1nc(N2CCCC[C@H]3[C@H](F)[C@H]32)c2cnc(-c3cc(N)cc4ccc(C)c(C#C[Si](C(C)C)(C(C)C)C(C)C)c34)c(F)c2n1)[C@@]12CCCN1[C@H](C)[C@H](F)C2. The number of nitrogen functional groups attached to an aromatic ring is 1. The zero-order chi connectivity index (χ0) is 41.6. The lowest BCUT2D eigenvalue weighted by Crippen LogP contribution is -2.46. The average molecular weight is 785 g/mol. The fraction of sp³-hybridized carbons (Fsp3) is 0.578. The molecule has 0 unspecified atom stereocenters. The van der Waals surface area contributed by atoms with Gasteiger partial charge in [0.15, 0.2) is 5.82 Å². The van der Waals surface area contributed by atoms with Gasteiger partial charge in [0.25, 0.3) is 0 Å². The van der Waals surface area contributed by atoms with Crippen molar-refractivity contribution in [1.82, 2.24) is 19.9 Å². The third-order valence-electron chi connectivity index (χ3n) is 13.8. The number of benzene rings is 2. The molecule has 2 N–H and O–H groups in total. The van der Waals surface area contributed by atoms with Crippen molar-refractivity contribution in [1.29, 1.82) is 0 Å². The molecule has 2 aromatic carbocycles. The molecule has 0 bridgehead atoms. The fourth-order valence-electron chi connectivity index (χ4n) is 10.8. The molecule has 5 heterocycles. The van der Waals surface area contributed by atoms with Crippen molar-refractivity contribution >= 4 is 41.3 Å². The maximum atomic E-state index is 17.7. The van der Waals surface area contributed by atoms with Crippen LogP contribution in [-0.4, -0.2) is 77.5 Å². The molecule has 11 heteroatoms. The number of hydrogen-bond donors (Lipinski definition) is 1. The zero-order valence-electron chi connectivity index (χ0n) is 36.0. The van der Waals surface area contributed by atoms with Gasteiger partial charge in [0.1, 0.15) is 44.0 Å². The summed E-state index contributed by atoms with van der Waals surface area (Å²) in [5.74, 6) is 2.98. The number of halogens is 3. The van der Waals surface area contributed by atoms with Gasteiger partial charge in [-0.05, 0) is 85.8 Å². The first-order chi connectivity index (χ1) is 27.4. The quantitative estimate of drug-likeness (QED) is 0.108. The minimum atomic E-state index is -2.42. The van der Waals surface area contributed by atoms with Crippen molar-refractivity contribution in [3.63, 3.8) is 0 Å². The summed E-state index contributed by atoms with van der Waals surface area (Å²) in [4.78, 5) is 17.8. The summed E-state index contributed by atoms with van der Waals surface area (Å²) in [5, 5.41) is 1.81. The highest BCUT2D eigenvalue weighted by Gasteiger charge is 2.56. The molecule has 0 radical (unpaired) electrons. The smallest absolute Gasteiger partial charge is 0.319 e. The number of nitrogens with zero attached hydrogens (tertiary/aromatic N) is 5. The standard InChI is InChI=1S/C45H57F3N6OSi/c1-25(2)56(26(3)4,27(5)6)19-15-32-28(7)13-14-30-20-31(49)21-34(37(30)32)40-39(48)41-35(23-50-40)43(53-17-10-9-12-33-38(47)42(33)53)52-44(51-41)55-24-45-16-11-18-54(45)29(8)36(46)22-45/h13-14,20-21,23,25-27,29,33,36,38,42H,9-12,16-18,22,24,49H2,1-8H3/t29-,33+,36-,38+,42+,45+/m1/s1/i24D2. The van der Waals surface area contributed by atoms with Gasteiger partial charge < -0.3 is 15.4 Å². The lowest BCUT2D eigenvalue weighted by molar-refractivity contribution is 0.0879. The van der Waals surface area contributed by atoms with E-state index in [9.17, 15) is 2.74 Å². The molecule has 7 nitrogen and oxygen atoms in total. The Morgan fingerprint density at radius 3 is 2.54 bits per heavy atom. The summed E-state index contributed by atoms with van der Waals surface area (Å²) in [7, 11) is -2.15. The number of pyridine rings is 1. The molecule has 3 saturated heterocycles. The molecule has 56 heavy (non-hydrogen) atoms. The van der Waals surface area contributed by atoms with Crippen LogP contribution < -0.4 is 15.4 Å². The van der Waals surface area contributed by atoms with E-state index in [4.69, 9.17) is 20.4 Å². The van der Waals surface area contributed by atoms with Crippen molar-refractivity contribution in [2.24, 2.45) is 5.92 Å². The van der Waals surface area contributed by atoms with E-state index in [1.807, 2.05) is 34.9 Å². The summed E-state index contributed by atoms with van der Waals surface area (Å²) < 4.78 is 73.0. The van der Waals surface area contributed by atoms with E-state index in [0.29, 0.717) is 53.8 Å². The molecular formula is C45H57F3N6OSi. The maximum Gasteiger partial charge on any atom is 0.319 e. The Hall–Kier alpha value is -3.88. The largest absolute Gasteiger partial charge is 0.461 e. The molecule has 298 valence electrons. The Morgan fingerprint density at radius 2 is 1.80 bits per heavy atom. The van der Waals surface area contributed by atoms with Crippen LogP contribution in [0.5, 0.6) is 6.01 Å². The van der Waals surface area contributed by atoms with Gasteiger partial charge in [-0.2, -0.15) is 9.97 Å². The number of hydrogen-bond acceptors (Lipinski definition) is 7. The molecular weight excluding hydrogens is 726 g/mol. The first-order valence-corrected chi connectivity index (χ1v) is 22.9. The van der Waals surface area contributed by atoms with Crippen LogP contribution in [0.3, 0.4) is 0 Å².